The lowest BCUT2D eigenvalue weighted by Crippen LogP contribution is -1.87. The molecule has 0 atom stereocenters. The van der Waals surface area contributed by atoms with E-state index in [0.717, 1.165) is 5.56 Å². The SMILES string of the molecule is CC.Cc1cc(O)cc(C(C)C)c1. The molecule has 0 aliphatic rings. The van der Waals surface area contributed by atoms with E-state index in [9.17, 15) is 5.11 Å². The van der Waals surface area contributed by atoms with Gasteiger partial charge in [0.2, 0.25) is 0 Å². The largest absolute Gasteiger partial charge is 0.508 e. The van der Waals surface area contributed by atoms with Crippen LogP contribution in [-0.2, 0) is 0 Å². The summed E-state index contributed by atoms with van der Waals surface area (Å²) >= 11 is 0. The van der Waals surface area contributed by atoms with Crippen molar-refractivity contribution < 1.29 is 5.11 Å². The van der Waals surface area contributed by atoms with Gasteiger partial charge in [-0.2, -0.15) is 0 Å². The summed E-state index contributed by atoms with van der Waals surface area (Å²) in [7, 11) is 0. The lowest BCUT2D eigenvalue weighted by molar-refractivity contribution is 0.473. The first-order chi connectivity index (χ1) is 6.09. The smallest absolute Gasteiger partial charge is 0.116 e. The van der Waals surface area contributed by atoms with Crippen LogP contribution in [0.5, 0.6) is 5.75 Å². The molecule has 13 heavy (non-hydrogen) atoms. The Morgan fingerprint density at radius 3 is 2.00 bits per heavy atom. The van der Waals surface area contributed by atoms with Crippen LogP contribution in [-0.4, -0.2) is 5.11 Å². The number of rotatable bonds is 1. The maximum Gasteiger partial charge on any atom is 0.116 e. The molecule has 1 aromatic carbocycles. The zero-order valence-corrected chi connectivity index (χ0v) is 9.26. The zero-order valence-electron chi connectivity index (χ0n) is 9.26. The average Bonchev–Trinajstić information content (AvgIpc) is 2.06. The monoisotopic (exact) mass is 180 g/mol. The van der Waals surface area contributed by atoms with E-state index in [1.165, 1.54) is 5.56 Å². The van der Waals surface area contributed by atoms with Gasteiger partial charge in [-0.1, -0.05) is 33.8 Å². The zero-order chi connectivity index (χ0) is 10.4. The highest BCUT2D eigenvalue weighted by Crippen LogP contribution is 2.21. The van der Waals surface area contributed by atoms with Crippen molar-refractivity contribution in [3.05, 3.63) is 29.3 Å². The van der Waals surface area contributed by atoms with Gasteiger partial charge >= 0.3 is 0 Å². The molecule has 0 unspecified atom stereocenters. The van der Waals surface area contributed by atoms with Crippen LogP contribution >= 0.6 is 0 Å². The Hall–Kier alpha value is -0.980. The number of hydrogen-bond acceptors (Lipinski definition) is 1. The summed E-state index contributed by atoms with van der Waals surface area (Å²) < 4.78 is 0. The number of benzene rings is 1. The topological polar surface area (TPSA) is 20.2 Å². The van der Waals surface area contributed by atoms with Gasteiger partial charge in [0.15, 0.2) is 0 Å². The van der Waals surface area contributed by atoms with Gasteiger partial charge in [-0.05, 0) is 36.1 Å². The summed E-state index contributed by atoms with van der Waals surface area (Å²) in [5, 5.41) is 9.24. The van der Waals surface area contributed by atoms with E-state index >= 15 is 0 Å². The van der Waals surface area contributed by atoms with Gasteiger partial charge in [-0.25, -0.2) is 0 Å². The van der Waals surface area contributed by atoms with Gasteiger partial charge in [-0.3, -0.25) is 0 Å². The standard InChI is InChI=1S/C10H14O.C2H6/c1-7(2)9-4-8(3)5-10(11)6-9;1-2/h4-7,11H,1-3H3;1-2H3. The second-order valence-electron chi connectivity index (χ2n) is 3.26. The van der Waals surface area contributed by atoms with Crippen LogP contribution in [0.25, 0.3) is 0 Å². The highest BCUT2D eigenvalue weighted by atomic mass is 16.3. The molecule has 0 aliphatic carbocycles. The molecular formula is C12H20O. The van der Waals surface area contributed by atoms with Crippen molar-refractivity contribution in [3.8, 4) is 5.75 Å². The van der Waals surface area contributed by atoms with E-state index in [2.05, 4.69) is 19.9 Å². The van der Waals surface area contributed by atoms with E-state index < -0.39 is 0 Å². The Bertz CT molecular complexity index is 231. The quantitative estimate of drug-likeness (QED) is 0.696. The van der Waals surface area contributed by atoms with Crippen molar-refractivity contribution in [3.63, 3.8) is 0 Å². The third kappa shape index (κ3) is 3.97. The average molecular weight is 180 g/mol. The van der Waals surface area contributed by atoms with Crippen LogP contribution in [0, 0.1) is 6.92 Å². The van der Waals surface area contributed by atoms with Crippen molar-refractivity contribution in [2.45, 2.75) is 40.5 Å². The lowest BCUT2D eigenvalue weighted by Gasteiger charge is -2.06. The van der Waals surface area contributed by atoms with E-state index in [4.69, 9.17) is 0 Å². The molecule has 0 radical (unpaired) electrons. The van der Waals surface area contributed by atoms with Gasteiger partial charge < -0.3 is 5.11 Å². The summed E-state index contributed by atoms with van der Waals surface area (Å²) in [6.45, 7) is 10.2. The van der Waals surface area contributed by atoms with Gasteiger partial charge in [0.05, 0.1) is 0 Å². The lowest BCUT2D eigenvalue weighted by atomic mass is 10.0. The van der Waals surface area contributed by atoms with Crippen LogP contribution in [0.4, 0.5) is 0 Å². The Kier molecular flexibility index (Phi) is 5.20. The molecule has 1 rings (SSSR count). The van der Waals surface area contributed by atoms with Crippen LogP contribution < -0.4 is 0 Å². The van der Waals surface area contributed by atoms with Crippen molar-refractivity contribution in [1.29, 1.82) is 0 Å². The Morgan fingerprint density at radius 2 is 1.62 bits per heavy atom. The molecule has 0 aliphatic heterocycles. The number of phenols is 1. The number of aryl methyl sites for hydroxylation is 1. The minimum Gasteiger partial charge on any atom is -0.508 e. The molecule has 0 heterocycles. The third-order valence-electron chi connectivity index (χ3n) is 1.75. The molecule has 1 aromatic rings. The number of phenolic OH excluding ortho intramolecular Hbond substituents is 1. The van der Waals surface area contributed by atoms with Crippen molar-refractivity contribution in [2.75, 3.05) is 0 Å². The fourth-order valence-electron chi connectivity index (χ4n) is 1.13. The molecule has 0 spiro atoms. The molecule has 74 valence electrons. The molecule has 0 bridgehead atoms. The predicted molar refractivity (Wildman–Crippen MR) is 58.3 cm³/mol. The first-order valence-corrected chi connectivity index (χ1v) is 4.90. The highest BCUT2D eigenvalue weighted by molar-refractivity contribution is 5.34. The van der Waals surface area contributed by atoms with E-state index in [-0.39, 0.29) is 0 Å². The van der Waals surface area contributed by atoms with Crippen LogP contribution in [0.3, 0.4) is 0 Å². The van der Waals surface area contributed by atoms with E-state index in [1.807, 2.05) is 26.8 Å². The van der Waals surface area contributed by atoms with Crippen molar-refractivity contribution in [1.82, 2.24) is 0 Å². The van der Waals surface area contributed by atoms with Gasteiger partial charge in [0.1, 0.15) is 5.75 Å². The summed E-state index contributed by atoms with van der Waals surface area (Å²) in [6.07, 6.45) is 0. The molecule has 0 fully saturated rings. The third-order valence-corrected chi connectivity index (χ3v) is 1.75. The summed E-state index contributed by atoms with van der Waals surface area (Å²) in [5.41, 5.74) is 2.32. The second-order valence-corrected chi connectivity index (χ2v) is 3.26. The molecule has 0 aromatic heterocycles. The summed E-state index contributed by atoms with van der Waals surface area (Å²) in [4.78, 5) is 0. The van der Waals surface area contributed by atoms with E-state index in [1.54, 1.807) is 6.07 Å². The highest BCUT2D eigenvalue weighted by Gasteiger charge is 2.00. The molecule has 1 N–H and O–H groups in total. The maximum atomic E-state index is 9.24. The van der Waals surface area contributed by atoms with Crippen LogP contribution in [0.1, 0.15) is 44.7 Å². The second kappa shape index (κ2) is 5.63. The number of aromatic hydroxyl groups is 1. The maximum absolute atomic E-state index is 9.24. The first kappa shape index (κ1) is 12.0. The molecule has 0 amide bonds. The normalized spacial score (nSPS) is 9.38. The summed E-state index contributed by atoms with van der Waals surface area (Å²) in [6, 6.07) is 5.69. The minimum atomic E-state index is 0.369. The van der Waals surface area contributed by atoms with Crippen LogP contribution in [0.2, 0.25) is 0 Å². The van der Waals surface area contributed by atoms with Gasteiger partial charge in [0, 0.05) is 0 Å². The Morgan fingerprint density at radius 1 is 1.08 bits per heavy atom. The molecule has 0 saturated heterocycles. The van der Waals surface area contributed by atoms with Crippen molar-refractivity contribution >= 4 is 0 Å². The van der Waals surface area contributed by atoms with Crippen LogP contribution in [0.15, 0.2) is 18.2 Å². The molecule has 0 saturated carbocycles. The Labute approximate surface area is 81.4 Å². The van der Waals surface area contributed by atoms with Gasteiger partial charge in [-0.15, -0.1) is 0 Å². The predicted octanol–water partition coefficient (Wildman–Crippen LogP) is 3.85. The number of hydrogen-bond donors (Lipinski definition) is 1. The van der Waals surface area contributed by atoms with Gasteiger partial charge in [0.25, 0.3) is 0 Å². The van der Waals surface area contributed by atoms with Crippen molar-refractivity contribution in [2.24, 2.45) is 0 Å². The fraction of sp³-hybridized carbons (Fsp3) is 0.500. The van der Waals surface area contributed by atoms with E-state index in [0.29, 0.717) is 11.7 Å². The molecular weight excluding hydrogens is 160 g/mol. The fourth-order valence-corrected chi connectivity index (χ4v) is 1.13. The first-order valence-electron chi connectivity index (χ1n) is 4.90. The Balaban J connectivity index is 0.000000671. The molecule has 1 nitrogen and oxygen atoms in total. The molecule has 1 heteroatoms. The summed E-state index contributed by atoms with van der Waals surface area (Å²) in [5.74, 6) is 0.856. The minimum absolute atomic E-state index is 0.369.